The smallest absolute Gasteiger partial charge is 0.343 e. The molecule has 5 nitrogen and oxygen atoms in total. The van der Waals surface area contributed by atoms with Crippen LogP contribution in [0.3, 0.4) is 0 Å². The van der Waals surface area contributed by atoms with E-state index < -0.39 is 11.9 Å². The first-order chi connectivity index (χ1) is 9.70. The van der Waals surface area contributed by atoms with Crippen LogP contribution in [-0.2, 0) is 14.2 Å². The highest BCUT2D eigenvalue weighted by Crippen LogP contribution is 2.12. The molecule has 5 heteroatoms. The molecule has 0 saturated heterocycles. The van der Waals surface area contributed by atoms with Crippen molar-refractivity contribution in [1.82, 2.24) is 0 Å². The van der Waals surface area contributed by atoms with Crippen molar-refractivity contribution in [3.8, 4) is 0 Å². The summed E-state index contributed by atoms with van der Waals surface area (Å²) >= 11 is 0. The summed E-state index contributed by atoms with van der Waals surface area (Å²) < 4.78 is 14.8. The van der Waals surface area contributed by atoms with Crippen molar-refractivity contribution < 1.29 is 23.8 Å². The Balaban J connectivity index is 2.73. The number of ether oxygens (including phenoxy) is 3. The normalized spacial score (nSPS) is 10.5. The highest BCUT2D eigenvalue weighted by molar-refractivity contribution is 6.03. The minimum absolute atomic E-state index is 0.183. The van der Waals surface area contributed by atoms with Crippen LogP contribution in [0.2, 0.25) is 0 Å². The Morgan fingerprint density at radius 2 is 1.75 bits per heavy atom. The van der Waals surface area contributed by atoms with Crippen LogP contribution in [0.1, 0.15) is 34.1 Å². The molecule has 0 amide bonds. The summed E-state index contributed by atoms with van der Waals surface area (Å²) in [6.45, 7) is 2.48. The molecule has 108 valence electrons. The molecule has 1 rings (SSSR count). The Kier molecular flexibility index (Phi) is 7.06. The van der Waals surface area contributed by atoms with Crippen molar-refractivity contribution in [2.24, 2.45) is 0 Å². The number of hydrogen-bond donors (Lipinski definition) is 0. The fraction of sp³-hybridized carbons (Fsp3) is 0.333. The Labute approximate surface area is 118 Å². The minimum atomic E-state index is -0.590. The molecule has 1 aromatic carbocycles. The van der Waals surface area contributed by atoms with Crippen molar-refractivity contribution in [2.75, 3.05) is 20.3 Å². The van der Waals surface area contributed by atoms with Crippen molar-refractivity contribution in [2.45, 2.75) is 13.3 Å². The van der Waals surface area contributed by atoms with Gasteiger partial charge in [-0.05, 0) is 19.1 Å². The summed E-state index contributed by atoms with van der Waals surface area (Å²) in [7, 11) is 1.58. The number of hydrogen-bond acceptors (Lipinski definition) is 5. The Hall–Kier alpha value is -2.14. The highest BCUT2D eigenvalue weighted by atomic mass is 16.5. The van der Waals surface area contributed by atoms with Crippen LogP contribution in [0.15, 0.2) is 36.6 Å². The fourth-order valence-electron chi connectivity index (χ4n) is 1.48. The third-order valence-electron chi connectivity index (χ3n) is 2.40. The second-order valence-electron chi connectivity index (χ2n) is 3.90. The molecule has 0 heterocycles. The molecule has 0 saturated carbocycles. The summed E-state index contributed by atoms with van der Waals surface area (Å²) in [4.78, 5) is 23.7. The van der Waals surface area contributed by atoms with Crippen molar-refractivity contribution in [3.05, 3.63) is 47.7 Å². The predicted octanol–water partition coefficient (Wildman–Crippen LogP) is 2.57. The molecule has 0 N–H and O–H groups in total. The quantitative estimate of drug-likeness (QED) is 0.436. The summed E-state index contributed by atoms with van der Waals surface area (Å²) in [5.41, 5.74) is 0.377. The predicted molar refractivity (Wildman–Crippen MR) is 73.4 cm³/mol. The van der Waals surface area contributed by atoms with Gasteiger partial charge in [-0.1, -0.05) is 18.2 Å². The Morgan fingerprint density at radius 1 is 1.10 bits per heavy atom. The number of allylic oxidation sites excluding steroid dienone is 1. The zero-order valence-corrected chi connectivity index (χ0v) is 11.6. The van der Waals surface area contributed by atoms with E-state index in [1.54, 1.807) is 32.2 Å². The third kappa shape index (κ3) is 4.85. The number of rotatable bonds is 7. The maximum Gasteiger partial charge on any atom is 0.343 e. The van der Waals surface area contributed by atoms with Gasteiger partial charge in [0, 0.05) is 20.1 Å². The molecular formula is C15H18O5. The largest absolute Gasteiger partial charge is 0.462 e. The van der Waals surface area contributed by atoms with E-state index >= 15 is 0 Å². The molecular weight excluding hydrogens is 260 g/mol. The van der Waals surface area contributed by atoms with Gasteiger partial charge < -0.3 is 14.2 Å². The second-order valence-corrected chi connectivity index (χ2v) is 3.90. The van der Waals surface area contributed by atoms with E-state index in [4.69, 9.17) is 14.2 Å². The zero-order valence-electron chi connectivity index (χ0n) is 11.6. The van der Waals surface area contributed by atoms with E-state index in [0.29, 0.717) is 13.0 Å². The van der Waals surface area contributed by atoms with E-state index in [1.807, 2.05) is 0 Å². The first-order valence-corrected chi connectivity index (χ1v) is 6.28. The lowest BCUT2D eigenvalue weighted by Crippen LogP contribution is -2.13. The van der Waals surface area contributed by atoms with Gasteiger partial charge in [-0.3, -0.25) is 0 Å². The summed E-state index contributed by atoms with van der Waals surface area (Å²) in [6.07, 6.45) is 3.46. The van der Waals surface area contributed by atoms with Gasteiger partial charge >= 0.3 is 11.9 Å². The molecule has 0 aliphatic carbocycles. The van der Waals surface area contributed by atoms with Gasteiger partial charge in [-0.15, -0.1) is 0 Å². The van der Waals surface area contributed by atoms with Crippen molar-refractivity contribution in [1.29, 1.82) is 0 Å². The van der Waals surface area contributed by atoms with Crippen LogP contribution >= 0.6 is 0 Å². The number of carbonyl (C=O) groups is 2. The summed E-state index contributed by atoms with van der Waals surface area (Å²) in [5.74, 6) is -1.14. The zero-order chi connectivity index (χ0) is 14.8. The molecule has 0 aromatic heterocycles. The molecule has 0 unspecified atom stereocenters. The lowest BCUT2D eigenvalue weighted by Gasteiger charge is -2.08. The van der Waals surface area contributed by atoms with E-state index in [0.717, 1.165) is 0 Å². The third-order valence-corrected chi connectivity index (χ3v) is 2.40. The molecule has 1 aromatic rings. The van der Waals surface area contributed by atoms with Gasteiger partial charge in [-0.2, -0.15) is 0 Å². The number of methoxy groups -OCH3 is 1. The minimum Gasteiger partial charge on any atom is -0.462 e. The van der Waals surface area contributed by atoms with Gasteiger partial charge in [0.1, 0.15) is 0 Å². The first kappa shape index (κ1) is 15.9. The molecule has 20 heavy (non-hydrogen) atoms. The monoisotopic (exact) mass is 278 g/mol. The van der Waals surface area contributed by atoms with Gasteiger partial charge in [0.05, 0.1) is 24.0 Å². The van der Waals surface area contributed by atoms with E-state index in [-0.39, 0.29) is 17.7 Å². The van der Waals surface area contributed by atoms with Crippen molar-refractivity contribution in [3.63, 3.8) is 0 Å². The van der Waals surface area contributed by atoms with Crippen LogP contribution in [0.25, 0.3) is 0 Å². The van der Waals surface area contributed by atoms with Crippen LogP contribution in [-0.4, -0.2) is 32.3 Å². The Morgan fingerprint density at radius 3 is 2.35 bits per heavy atom. The highest BCUT2D eigenvalue weighted by Gasteiger charge is 2.18. The van der Waals surface area contributed by atoms with Crippen LogP contribution in [0, 0.1) is 0 Å². The summed E-state index contributed by atoms with van der Waals surface area (Å²) in [6, 6.07) is 6.38. The topological polar surface area (TPSA) is 61.8 Å². The number of benzene rings is 1. The lowest BCUT2D eigenvalue weighted by molar-refractivity contribution is 0.0458. The number of esters is 2. The van der Waals surface area contributed by atoms with Crippen LogP contribution in [0.4, 0.5) is 0 Å². The average molecular weight is 278 g/mol. The second kappa shape index (κ2) is 8.87. The molecule has 0 aliphatic heterocycles. The van der Waals surface area contributed by atoms with Gasteiger partial charge in [0.2, 0.25) is 0 Å². The summed E-state index contributed by atoms with van der Waals surface area (Å²) in [5, 5.41) is 0. The van der Waals surface area contributed by atoms with Crippen LogP contribution in [0.5, 0.6) is 0 Å². The first-order valence-electron chi connectivity index (χ1n) is 6.28. The van der Waals surface area contributed by atoms with E-state index in [1.165, 1.54) is 18.4 Å². The molecule has 0 fully saturated rings. The SMILES string of the molecule is CC=COC(=O)c1ccccc1C(=O)OCCCOC. The van der Waals surface area contributed by atoms with E-state index in [9.17, 15) is 9.59 Å². The number of carbonyl (C=O) groups excluding carboxylic acids is 2. The molecule has 0 bridgehead atoms. The Bertz CT molecular complexity index is 479. The molecule has 0 aliphatic rings. The van der Waals surface area contributed by atoms with Gasteiger partial charge in [0.25, 0.3) is 0 Å². The van der Waals surface area contributed by atoms with Gasteiger partial charge in [0.15, 0.2) is 0 Å². The molecule has 0 spiro atoms. The standard InChI is InChI=1S/C15H18O5/c1-3-9-19-14(16)12-7-4-5-8-13(12)15(17)20-11-6-10-18-2/h3-5,7-9H,6,10-11H2,1-2H3. The average Bonchev–Trinajstić information content (AvgIpc) is 2.49. The maximum absolute atomic E-state index is 11.9. The fourth-order valence-corrected chi connectivity index (χ4v) is 1.48. The van der Waals surface area contributed by atoms with Crippen molar-refractivity contribution >= 4 is 11.9 Å². The lowest BCUT2D eigenvalue weighted by atomic mass is 10.1. The van der Waals surface area contributed by atoms with Crippen LogP contribution < -0.4 is 0 Å². The molecule has 0 radical (unpaired) electrons. The van der Waals surface area contributed by atoms with Gasteiger partial charge in [-0.25, -0.2) is 9.59 Å². The van der Waals surface area contributed by atoms with E-state index in [2.05, 4.69) is 0 Å². The maximum atomic E-state index is 11.9. The molecule has 0 atom stereocenters.